The summed E-state index contributed by atoms with van der Waals surface area (Å²) in [4.78, 5) is 9.44. The first-order chi connectivity index (χ1) is 8.70. The number of rotatable bonds is 5. The van der Waals surface area contributed by atoms with Crippen LogP contribution in [-0.4, -0.2) is 9.97 Å². The van der Waals surface area contributed by atoms with Gasteiger partial charge >= 0.3 is 0 Å². The lowest BCUT2D eigenvalue weighted by Crippen LogP contribution is -2.07. The van der Waals surface area contributed by atoms with Crippen molar-refractivity contribution in [2.45, 2.75) is 26.3 Å². The van der Waals surface area contributed by atoms with Crippen LogP contribution < -0.4 is 11.1 Å². The average molecular weight is 283 g/mol. The molecule has 6 heteroatoms. The summed E-state index contributed by atoms with van der Waals surface area (Å²) in [5, 5.41) is 3.29. The summed E-state index contributed by atoms with van der Waals surface area (Å²) in [6, 6.07) is 3.90. The van der Waals surface area contributed by atoms with Crippen LogP contribution in [0.15, 0.2) is 18.5 Å². The van der Waals surface area contributed by atoms with E-state index in [4.69, 9.17) is 17.3 Å². The second-order valence-corrected chi connectivity index (χ2v) is 5.70. The van der Waals surface area contributed by atoms with Crippen molar-refractivity contribution in [3.63, 3.8) is 0 Å². The number of halogens is 1. The Morgan fingerprint density at radius 1 is 1.39 bits per heavy atom. The molecule has 2 rings (SSSR count). The van der Waals surface area contributed by atoms with E-state index in [1.54, 1.807) is 11.3 Å². The zero-order chi connectivity index (χ0) is 13.0. The van der Waals surface area contributed by atoms with Gasteiger partial charge in [0.2, 0.25) is 0 Å². The lowest BCUT2D eigenvalue weighted by molar-refractivity contribution is 0.902. The van der Waals surface area contributed by atoms with Gasteiger partial charge in [-0.3, -0.25) is 0 Å². The smallest absolute Gasteiger partial charge is 0.135 e. The van der Waals surface area contributed by atoms with Gasteiger partial charge in [0.15, 0.2) is 0 Å². The Kier molecular flexibility index (Phi) is 4.38. The predicted octanol–water partition coefficient (Wildman–Crippen LogP) is 3.34. The zero-order valence-corrected chi connectivity index (χ0v) is 11.7. The largest absolute Gasteiger partial charge is 0.383 e. The van der Waals surface area contributed by atoms with Gasteiger partial charge in [-0.15, -0.1) is 11.3 Å². The predicted molar refractivity (Wildman–Crippen MR) is 77.1 cm³/mol. The van der Waals surface area contributed by atoms with E-state index in [2.05, 4.69) is 22.2 Å². The fourth-order valence-corrected chi connectivity index (χ4v) is 2.72. The van der Waals surface area contributed by atoms with Gasteiger partial charge in [0, 0.05) is 10.4 Å². The second kappa shape index (κ2) is 6.02. The van der Waals surface area contributed by atoms with Crippen LogP contribution in [0.4, 0.5) is 11.6 Å². The minimum absolute atomic E-state index is 0.554. The first-order valence-corrected chi connectivity index (χ1v) is 6.97. The highest BCUT2D eigenvalue weighted by Crippen LogP contribution is 2.24. The molecule has 0 radical (unpaired) electrons. The summed E-state index contributed by atoms with van der Waals surface area (Å²) < 4.78 is 0.794. The van der Waals surface area contributed by atoms with Crippen LogP contribution >= 0.6 is 22.9 Å². The summed E-state index contributed by atoms with van der Waals surface area (Å²) in [5.41, 5.74) is 6.86. The van der Waals surface area contributed by atoms with E-state index in [-0.39, 0.29) is 0 Å². The Balaban J connectivity index is 2.11. The van der Waals surface area contributed by atoms with E-state index < -0.39 is 0 Å². The van der Waals surface area contributed by atoms with Crippen LogP contribution in [-0.2, 0) is 13.0 Å². The van der Waals surface area contributed by atoms with Crippen molar-refractivity contribution in [3.8, 4) is 0 Å². The third kappa shape index (κ3) is 3.11. The van der Waals surface area contributed by atoms with Crippen LogP contribution in [0, 0.1) is 0 Å². The molecule has 0 amide bonds. The number of thiophene rings is 1. The quantitative estimate of drug-likeness (QED) is 0.883. The van der Waals surface area contributed by atoms with Gasteiger partial charge in [-0.2, -0.15) is 0 Å². The number of hydrogen-bond acceptors (Lipinski definition) is 5. The first-order valence-electron chi connectivity index (χ1n) is 5.78. The molecular weight excluding hydrogens is 268 g/mol. The van der Waals surface area contributed by atoms with Crippen molar-refractivity contribution in [3.05, 3.63) is 33.2 Å². The molecule has 0 spiro atoms. The van der Waals surface area contributed by atoms with E-state index in [1.165, 1.54) is 11.2 Å². The third-order valence-corrected chi connectivity index (χ3v) is 3.77. The minimum Gasteiger partial charge on any atom is -0.383 e. The molecule has 0 aliphatic rings. The molecule has 0 saturated heterocycles. The molecule has 96 valence electrons. The highest BCUT2D eigenvalue weighted by atomic mass is 35.5. The molecule has 0 aliphatic carbocycles. The highest BCUT2D eigenvalue weighted by Gasteiger charge is 2.08. The number of nitrogen functional groups attached to an aromatic ring is 1. The van der Waals surface area contributed by atoms with Gasteiger partial charge < -0.3 is 11.1 Å². The highest BCUT2D eigenvalue weighted by molar-refractivity contribution is 7.16. The van der Waals surface area contributed by atoms with E-state index in [0.29, 0.717) is 12.4 Å². The fraction of sp³-hybridized carbons (Fsp3) is 0.333. The molecular formula is C12H15ClN4S. The lowest BCUT2D eigenvalue weighted by atomic mass is 10.1. The molecule has 2 heterocycles. The SMILES string of the molecule is CCCc1c(N)ncnc1NCc1ccc(Cl)s1. The molecule has 0 unspecified atom stereocenters. The van der Waals surface area contributed by atoms with Crippen molar-refractivity contribution in [1.82, 2.24) is 9.97 Å². The monoisotopic (exact) mass is 282 g/mol. The molecule has 0 aliphatic heterocycles. The molecule has 3 N–H and O–H groups in total. The summed E-state index contributed by atoms with van der Waals surface area (Å²) in [7, 11) is 0. The van der Waals surface area contributed by atoms with Gasteiger partial charge in [-0.25, -0.2) is 9.97 Å². The summed E-state index contributed by atoms with van der Waals surface area (Å²) >= 11 is 7.45. The lowest BCUT2D eigenvalue weighted by Gasteiger charge is -2.10. The second-order valence-electron chi connectivity index (χ2n) is 3.90. The van der Waals surface area contributed by atoms with E-state index in [1.807, 2.05) is 12.1 Å². The maximum absolute atomic E-state index is 5.89. The van der Waals surface area contributed by atoms with Crippen LogP contribution in [0.1, 0.15) is 23.8 Å². The number of nitrogens with one attached hydrogen (secondary N) is 1. The van der Waals surface area contributed by atoms with Gasteiger partial charge in [0.1, 0.15) is 18.0 Å². The normalized spacial score (nSPS) is 10.6. The van der Waals surface area contributed by atoms with Crippen molar-refractivity contribution in [1.29, 1.82) is 0 Å². The maximum atomic E-state index is 5.89. The topological polar surface area (TPSA) is 63.8 Å². The standard InChI is InChI=1S/C12H15ClN4S/c1-2-3-9-11(14)16-7-17-12(9)15-6-8-4-5-10(13)18-8/h4-5,7H,2-3,6H2,1H3,(H3,14,15,16,17). The molecule has 0 atom stereocenters. The summed E-state index contributed by atoms with van der Waals surface area (Å²) in [5.74, 6) is 1.37. The van der Waals surface area contributed by atoms with Crippen molar-refractivity contribution in [2.75, 3.05) is 11.1 Å². The van der Waals surface area contributed by atoms with E-state index in [0.717, 1.165) is 28.6 Å². The van der Waals surface area contributed by atoms with Crippen LogP contribution in [0.3, 0.4) is 0 Å². The maximum Gasteiger partial charge on any atom is 0.135 e. The van der Waals surface area contributed by atoms with Crippen LogP contribution in [0.25, 0.3) is 0 Å². The minimum atomic E-state index is 0.554. The van der Waals surface area contributed by atoms with Crippen molar-refractivity contribution in [2.24, 2.45) is 0 Å². The molecule has 2 aromatic heterocycles. The molecule has 0 fully saturated rings. The van der Waals surface area contributed by atoms with E-state index in [9.17, 15) is 0 Å². The molecule has 0 aromatic carbocycles. The molecule has 0 saturated carbocycles. The van der Waals surface area contributed by atoms with Gasteiger partial charge in [-0.05, 0) is 18.6 Å². The molecule has 18 heavy (non-hydrogen) atoms. The molecule has 0 bridgehead atoms. The molecule has 4 nitrogen and oxygen atoms in total. The first kappa shape index (κ1) is 13.1. The Morgan fingerprint density at radius 3 is 2.89 bits per heavy atom. The van der Waals surface area contributed by atoms with Crippen molar-refractivity contribution >= 4 is 34.6 Å². The van der Waals surface area contributed by atoms with Gasteiger partial charge in [-0.1, -0.05) is 24.9 Å². The summed E-state index contributed by atoms with van der Waals surface area (Å²) in [6.45, 7) is 2.81. The summed E-state index contributed by atoms with van der Waals surface area (Å²) in [6.07, 6.45) is 3.37. The van der Waals surface area contributed by atoms with Crippen LogP contribution in [0.5, 0.6) is 0 Å². The van der Waals surface area contributed by atoms with E-state index >= 15 is 0 Å². The Bertz CT molecular complexity index is 527. The van der Waals surface area contributed by atoms with Gasteiger partial charge in [0.05, 0.1) is 10.9 Å². The Hall–Kier alpha value is -1.33. The number of nitrogens with two attached hydrogens (primary N) is 1. The number of anilines is 2. The fourth-order valence-electron chi connectivity index (χ4n) is 1.69. The Morgan fingerprint density at radius 2 is 2.22 bits per heavy atom. The number of hydrogen-bond donors (Lipinski definition) is 2. The third-order valence-electron chi connectivity index (χ3n) is 2.54. The van der Waals surface area contributed by atoms with Crippen LogP contribution in [0.2, 0.25) is 4.34 Å². The van der Waals surface area contributed by atoms with Crippen molar-refractivity contribution < 1.29 is 0 Å². The van der Waals surface area contributed by atoms with Gasteiger partial charge in [0.25, 0.3) is 0 Å². The number of nitrogens with zero attached hydrogens (tertiary/aromatic N) is 2. The molecule has 2 aromatic rings. The Labute approximate surface area is 115 Å². The zero-order valence-electron chi connectivity index (χ0n) is 10.1. The average Bonchev–Trinajstić information content (AvgIpc) is 2.76. The number of aromatic nitrogens is 2.